The van der Waals surface area contributed by atoms with E-state index in [-0.39, 0.29) is 12.1 Å². The van der Waals surface area contributed by atoms with Crippen molar-refractivity contribution in [1.29, 1.82) is 5.26 Å². The first kappa shape index (κ1) is 13.9. The second-order valence-electron chi connectivity index (χ2n) is 4.47. The van der Waals surface area contributed by atoms with Gasteiger partial charge in [0.2, 0.25) is 0 Å². The predicted molar refractivity (Wildman–Crippen MR) is 72.1 cm³/mol. The van der Waals surface area contributed by atoms with Crippen molar-refractivity contribution in [3.8, 4) is 6.07 Å². The Bertz CT molecular complexity index is 690. The molecule has 0 atom stereocenters. The third-order valence-corrected chi connectivity index (χ3v) is 2.92. The zero-order valence-electron chi connectivity index (χ0n) is 11.2. The third kappa shape index (κ3) is 2.91. The SMILES string of the molecule is Cc1cc(NCc2cc(F)ccc2F)c(C#N)c(C)n1. The summed E-state index contributed by atoms with van der Waals surface area (Å²) in [5.74, 6) is -0.981. The molecule has 0 aliphatic carbocycles. The fourth-order valence-electron chi connectivity index (χ4n) is 1.98. The fraction of sp³-hybridized carbons (Fsp3) is 0.200. The molecule has 0 saturated carbocycles. The number of halogens is 2. The van der Waals surface area contributed by atoms with Crippen molar-refractivity contribution in [1.82, 2.24) is 4.98 Å². The molecule has 0 fully saturated rings. The lowest BCUT2D eigenvalue weighted by atomic mass is 10.1. The summed E-state index contributed by atoms with van der Waals surface area (Å²) in [6, 6.07) is 7.06. The van der Waals surface area contributed by atoms with E-state index in [1.54, 1.807) is 13.0 Å². The minimum atomic E-state index is -0.495. The zero-order valence-corrected chi connectivity index (χ0v) is 11.2. The van der Waals surface area contributed by atoms with E-state index in [4.69, 9.17) is 5.26 Å². The number of anilines is 1. The van der Waals surface area contributed by atoms with Crippen LogP contribution in [0.3, 0.4) is 0 Å². The van der Waals surface area contributed by atoms with Crippen LogP contribution in [0.2, 0.25) is 0 Å². The monoisotopic (exact) mass is 273 g/mol. The van der Waals surface area contributed by atoms with Crippen molar-refractivity contribution in [2.45, 2.75) is 20.4 Å². The van der Waals surface area contributed by atoms with Gasteiger partial charge in [0.05, 0.1) is 16.9 Å². The Hall–Kier alpha value is -2.48. The van der Waals surface area contributed by atoms with Crippen molar-refractivity contribution in [2.24, 2.45) is 0 Å². The van der Waals surface area contributed by atoms with E-state index in [9.17, 15) is 8.78 Å². The molecule has 102 valence electrons. The summed E-state index contributed by atoms with van der Waals surface area (Å²) >= 11 is 0. The molecule has 3 nitrogen and oxygen atoms in total. The second-order valence-corrected chi connectivity index (χ2v) is 4.47. The maximum atomic E-state index is 13.5. The summed E-state index contributed by atoms with van der Waals surface area (Å²) in [4.78, 5) is 4.20. The quantitative estimate of drug-likeness (QED) is 0.931. The van der Waals surface area contributed by atoms with Crippen molar-refractivity contribution in [3.05, 3.63) is 58.4 Å². The molecule has 1 aromatic carbocycles. The summed E-state index contributed by atoms with van der Waals surface area (Å²) in [6.45, 7) is 3.64. The van der Waals surface area contributed by atoms with Crippen molar-refractivity contribution >= 4 is 5.69 Å². The normalized spacial score (nSPS) is 10.2. The van der Waals surface area contributed by atoms with Gasteiger partial charge in [0.25, 0.3) is 0 Å². The number of nitrogens with one attached hydrogen (secondary N) is 1. The minimum absolute atomic E-state index is 0.0984. The third-order valence-electron chi connectivity index (χ3n) is 2.92. The van der Waals surface area contributed by atoms with Crippen LogP contribution in [0.4, 0.5) is 14.5 Å². The second kappa shape index (κ2) is 5.66. The van der Waals surface area contributed by atoms with Gasteiger partial charge in [0.15, 0.2) is 0 Å². The number of pyridine rings is 1. The number of hydrogen-bond acceptors (Lipinski definition) is 3. The molecule has 5 heteroatoms. The number of benzene rings is 1. The van der Waals surface area contributed by atoms with E-state index >= 15 is 0 Å². The highest BCUT2D eigenvalue weighted by Gasteiger charge is 2.09. The summed E-state index contributed by atoms with van der Waals surface area (Å²) in [5.41, 5.74) is 2.55. The number of nitrogens with zero attached hydrogens (tertiary/aromatic N) is 2. The van der Waals surface area contributed by atoms with E-state index in [1.165, 1.54) is 0 Å². The van der Waals surface area contributed by atoms with Crippen LogP contribution >= 0.6 is 0 Å². The van der Waals surface area contributed by atoms with E-state index in [2.05, 4.69) is 16.4 Å². The Morgan fingerprint density at radius 3 is 2.70 bits per heavy atom. The first-order chi connectivity index (χ1) is 9.51. The molecule has 2 aromatic rings. The summed E-state index contributed by atoms with van der Waals surface area (Å²) < 4.78 is 26.6. The highest BCUT2D eigenvalue weighted by atomic mass is 19.1. The first-order valence-corrected chi connectivity index (χ1v) is 6.07. The molecule has 0 unspecified atom stereocenters. The fourth-order valence-corrected chi connectivity index (χ4v) is 1.98. The van der Waals surface area contributed by atoms with Gasteiger partial charge in [-0.15, -0.1) is 0 Å². The van der Waals surface area contributed by atoms with Gasteiger partial charge >= 0.3 is 0 Å². The number of nitriles is 1. The Labute approximate surface area is 115 Å². The van der Waals surface area contributed by atoms with Gasteiger partial charge in [-0.05, 0) is 38.1 Å². The van der Waals surface area contributed by atoms with Crippen LogP contribution in [-0.2, 0) is 6.54 Å². The molecule has 0 bridgehead atoms. The highest BCUT2D eigenvalue weighted by molar-refractivity contribution is 5.60. The first-order valence-electron chi connectivity index (χ1n) is 6.07. The molecule has 20 heavy (non-hydrogen) atoms. The van der Waals surface area contributed by atoms with Crippen LogP contribution in [0, 0.1) is 36.8 Å². The Morgan fingerprint density at radius 2 is 2.00 bits per heavy atom. The van der Waals surface area contributed by atoms with Gasteiger partial charge in [0.1, 0.15) is 17.7 Å². The van der Waals surface area contributed by atoms with Gasteiger partial charge in [0, 0.05) is 17.8 Å². The Morgan fingerprint density at radius 1 is 1.25 bits per heavy atom. The Balaban J connectivity index is 2.27. The van der Waals surface area contributed by atoms with Gasteiger partial charge < -0.3 is 5.32 Å². The maximum absolute atomic E-state index is 13.5. The molecule has 0 saturated heterocycles. The lowest BCUT2D eigenvalue weighted by Gasteiger charge is -2.11. The lowest BCUT2D eigenvalue weighted by molar-refractivity contribution is 0.587. The van der Waals surface area contributed by atoms with Crippen LogP contribution in [0.1, 0.15) is 22.5 Å². The minimum Gasteiger partial charge on any atom is -0.380 e. The number of aromatic nitrogens is 1. The van der Waals surface area contributed by atoms with Crippen LogP contribution in [-0.4, -0.2) is 4.98 Å². The van der Waals surface area contributed by atoms with Crippen molar-refractivity contribution in [3.63, 3.8) is 0 Å². The molecule has 0 aliphatic rings. The average molecular weight is 273 g/mol. The lowest BCUT2D eigenvalue weighted by Crippen LogP contribution is -2.06. The standard InChI is InChI=1S/C15H13F2N3/c1-9-5-15(13(7-18)10(2)20-9)19-8-11-6-12(16)3-4-14(11)17/h3-6H,8H2,1-2H3,(H,19,20). The molecule has 1 N–H and O–H groups in total. The molecular formula is C15H13F2N3. The molecule has 1 aromatic heterocycles. The molecule has 1 heterocycles. The molecule has 0 amide bonds. The van der Waals surface area contributed by atoms with Gasteiger partial charge in [-0.2, -0.15) is 5.26 Å². The predicted octanol–water partition coefficient (Wildman–Crippen LogP) is 3.46. The van der Waals surface area contributed by atoms with Crippen molar-refractivity contribution < 1.29 is 8.78 Å². The molecule has 0 radical (unpaired) electrons. The van der Waals surface area contributed by atoms with Gasteiger partial charge in [-0.25, -0.2) is 8.78 Å². The van der Waals surface area contributed by atoms with Gasteiger partial charge in [-0.3, -0.25) is 4.98 Å². The number of aryl methyl sites for hydroxylation is 2. The zero-order chi connectivity index (χ0) is 14.7. The van der Waals surface area contributed by atoms with Crippen LogP contribution in [0.5, 0.6) is 0 Å². The average Bonchev–Trinajstić information content (AvgIpc) is 2.39. The summed E-state index contributed by atoms with van der Waals surface area (Å²) in [6.07, 6.45) is 0. The molecule has 0 spiro atoms. The summed E-state index contributed by atoms with van der Waals surface area (Å²) in [7, 11) is 0. The Kier molecular flexibility index (Phi) is 3.94. The molecular weight excluding hydrogens is 260 g/mol. The number of rotatable bonds is 3. The smallest absolute Gasteiger partial charge is 0.128 e. The van der Waals surface area contributed by atoms with Crippen molar-refractivity contribution in [2.75, 3.05) is 5.32 Å². The highest BCUT2D eigenvalue weighted by Crippen LogP contribution is 2.20. The van der Waals surface area contributed by atoms with E-state index < -0.39 is 11.6 Å². The van der Waals surface area contributed by atoms with E-state index in [0.29, 0.717) is 16.9 Å². The molecule has 0 aliphatic heterocycles. The maximum Gasteiger partial charge on any atom is 0.128 e. The molecule has 2 rings (SSSR count). The van der Waals surface area contributed by atoms with Gasteiger partial charge in [-0.1, -0.05) is 0 Å². The van der Waals surface area contributed by atoms with E-state index in [1.807, 2.05) is 6.92 Å². The van der Waals surface area contributed by atoms with Crippen LogP contribution in [0.15, 0.2) is 24.3 Å². The van der Waals surface area contributed by atoms with Crippen LogP contribution in [0.25, 0.3) is 0 Å². The van der Waals surface area contributed by atoms with E-state index in [0.717, 1.165) is 23.9 Å². The number of hydrogen-bond donors (Lipinski definition) is 1. The summed E-state index contributed by atoms with van der Waals surface area (Å²) in [5, 5.41) is 12.1. The largest absolute Gasteiger partial charge is 0.380 e. The van der Waals surface area contributed by atoms with Crippen LogP contribution < -0.4 is 5.32 Å². The topological polar surface area (TPSA) is 48.7 Å².